The zero-order valence-corrected chi connectivity index (χ0v) is 15.9. The van der Waals surface area contributed by atoms with Gasteiger partial charge in [-0.1, -0.05) is 13.8 Å². The summed E-state index contributed by atoms with van der Waals surface area (Å²) < 4.78 is 0. The summed E-state index contributed by atoms with van der Waals surface area (Å²) in [6, 6.07) is 0. The van der Waals surface area contributed by atoms with Gasteiger partial charge in [0, 0.05) is 62.1 Å². The molecule has 22 heavy (non-hydrogen) atoms. The largest absolute Gasteiger partial charge is 0.349 e. The average molecular weight is 317 g/mol. The maximum absolute atomic E-state index is 10.5. The molecule has 0 aromatic rings. The monoisotopic (exact) mass is 317 g/mol. The molecule has 0 spiro atoms. The molecule has 0 aliphatic rings. The molecule has 0 atom stereocenters. The van der Waals surface area contributed by atoms with Gasteiger partial charge in [-0.25, -0.2) is 0 Å². The highest BCUT2D eigenvalue weighted by Crippen LogP contribution is 1.85. The molecule has 6 nitrogen and oxygen atoms in total. The predicted octanol–water partition coefficient (Wildman–Crippen LogP) is 1.84. The molecule has 0 aromatic carbocycles. The highest BCUT2D eigenvalue weighted by molar-refractivity contribution is 5.73. The minimum absolute atomic E-state index is 0.0926. The van der Waals surface area contributed by atoms with E-state index in [0.29, 0.717) is 0 Å². The van der Waals surface area contributed by atoms with E-state index < -0.39 is 0 Å². The van der Waals surface area contributed by atoms with Crippen LogP contribution in [0.4, 0.5) is 0 Å². The molecule has 0 saturated heterocycles. The Kier molecular flexibility index (Phi) is 18.2. The second-order valence-electron chi connectivity index (χ2n) is 5.29. The van der Waals surface area contributed by atoms with Crippen LogP contribution in [0.3, 0.4) is 0 Å². The van der Waals surface area contributed by atoms with E-state index in [2.05, 4.69) is 13.8 Å². The number of carbonyl (C=O) groups excluding carboxylic acids is 3. The van der Waals surface area contributed by atoms with Crippen LogP contribution in [0.25, 0.3) is 0 Å². The third-order valence-electron chi connectivity index (χ3n) is 2.82. The summed E-state index contributed by atoms with van der Waals surface area (Å²) in [4.78, 5) is 35.9. The van der Waals surface area contributed by atoms with Gasteiger partial charge in [-0.15, -0.1) is 0 Å². The fourth-order valence-corrected chi connectivity index (χ4v) is 0.986. The third-order valence-corrected chi connectivity index (χ3v) is 2.82. The predicted molar refractivity (Wildman–Crippen MR) is 91.6 cm³/mol. The lowest BCUT2D eigenvalue weighted by atomic mass is 10.4. The van der Waals surface area contributed by atoms with Crippen molar-refractivity contribution in [1.82, 2.24) is 14.7 Å². The second kappa shape index (κ2) is 15.8. The molecule has 132 valence electrons. The first-order valence-electron chi connectivity index (χ1n) is 7.62. The summed E-state index contributed by atoms with van der Waals surface area (Å²) in [6.45, 7) is 10.5. The molecular formula is C16H35N3O3. The van der Waals surface area contributed by atoms with Crippen LogP contribution < -0.4 is 0 Å². The van der Waals surface area contributed by atoms with Gasteiger partial charge in [0.15, 0.2) is 0 Å². The molecule has 3 amide bonds. The van der Waals surface area contributed by atoms with Crippen LogP contribution in [-0.2, 0) is 14.4 Å². The molecule has 0 bridgehead atoms. The van der Waals surface area contributed by atoms with Crippen LogP contribution in [0.15, 0.2) is 0 Å². The van der Waals surface area contributed by atoms with E-state index in [9.17, 15) is 14.4 Å². The molecule has 0 aromatic heterocycles. The van der Waals surface area contributed by atoms with Crippen LogP contribution in [0, 0.1) is 0 Å². The molecule has 0 saturated carbocycles. The Labute approximate surface area is 136 Å². The lowest BCUT2D eigenvalue weighted by Gasteiger charge is -2.11. The molecule has 0 unspecified atom stereocenters. The highest BCUT2D eigenvalue weighted by Gasteiger charge is 1.97. The van der Waals surface area contributed by atoms with Crippen molar-refractivity contribution >= 4 is 17.7 Å². The second-order valence-corrected chi connectivity index (χ2v) is 5.29. The van der Waals surface area contributed by atoms with Crippen molar-refractivity contribution in [3.63, 3.8) is 0 Å². The molecule has 0 radical (unpaired) electrons. The number of hydrogen-bond donors (Lipinski definition) is 0. The summed E-state index contributed by atoms with van der Waals surface area (Å²) in [5.41, 5.74) is 0. The molecule has 0 aliphatic carbocycles. The standard InChI is InChI=1S/2C6H13NO.C4H9NO/c2*1-4-5-7(3)6(2)8;1-4(6)5(2)3/h2*4-5H2,1-3H3;1-3H3. The maximum atomic E-state index is 10.5. The molecular weight excluding hydrogens is 282 g/mol. The van der Waals surface area contributed by atoms with Gasteiger partial charge in [0.05, 0.1) is 0 Å². The van der Waals surface area contributed by atoms with E-state index in [0.717, 1.165) is 25.9 Å². The molecule has 0 N–H and O–H groups in total. The van der Waals surface area contributed by atoms with Crippen LogP contribution >= 0.6 is 0 Å². The minimum atomic E-state index is 0.0926. The Morgan fingerprint density at radius 3 is 0.909 bits per heavy atom. The van der Waals surface area contributed by atoms with Gasteiger partial charge in [0.1, 0.15) is 0 Å². The van der Waals surface area contributed by atoms with Gasteiger partial charge < -0.3 is 14.7 Å². The van der Waals surface area contributed by atoms with Gasteiger partial charge in [-0.3, -0.25) is 14.4 Å². The van der Waals surface area contributed by atoms with Crippen molar-refractivity contribution in [2.75, 3.05) is 41.3 Å². The number of nitrogens with zero attached hydrogens (tertiary/aromatic N) is 3. The maximum Gasteiger partial charge on any atom is 0.219 e. The topological polar surface area (TPSA) is 60.9 Å². The van der Waals surface area contributed by atoms with Gasteiger partial charge in [-0.05, 0) is 12.8 Å². The molecule has 0 fully saturated rings. The SMILES string of the molecule is CC(=O)N(C)C.CCCN(C)C(C)=O.CCCN(C)C(C)=O. The van der Waals surface area contributed by atoms with Crippen molar-refractivity contribution in [2.24, 2.45) is 0 Å². The van der Waals surface area contributed by atoms with E-state index in [1.165, 1.54) is 11.8 Å². The molecule has 0 rings (SSSR count). The normalized spacial score (nSPS) is 8.59. The molecule has 0 heterocycles. The number of carbonyl (C=O) groups is 3. The molecule has 0 aliphatic heterocycles. The van der Waals surface area contributed by atoms with Crippen molar-refractivity contribution in [2.45, 2.75) is 47.5 Å². The number of hydrogen-bond acceptors (Lipinski definition) is 3. The lowest BCUT2D eigenvalue weighted by Crippen LogP contribution is -2.24. The van der Waals surface area contributed by atoms with E-state index in [1.54, 1.807) is 37.7 Å². The van der Waals surface area contributed by atoms with Crippen molar-refractivity contribution in [3.05, 3.63) is 0 Å². The molecule has 6 heteroatoms. The summed E-state index contributed by atoms with van der Waals surface area (Å²) >= 11 is 0. The first kappa shape index (κ1) is 25.4. The zero-order chi connectivity index (χ0) is 18.3. The van der Waals surface area contributed by atoms with E-state index >= 15 is 0 Å². The Hall–Kier alpha value is -1.59. The minimum Gasteiger partial charge on any atom is -0.349 e. The Morgan fingerprint density at radius 1 is 0.636 bits per heavy atom. The van der Waals surface area contributed by atoms with Crippen LogP contribution in [0.1, 0.15) is 47.5 Å². The highest BCUT2D eigenvalue weighted by atomic mass is 16.2. The third kappa shape index (κ3) is 20.7. The first-order valence-corrected chi connectivity index (χ1v) is 7.62. The average Bonchev–Trinajstić information content (AvgIpc) is 2.40. The summed E-state index contributed by atoms with van der Waals surface area (Å²) in [7, 11) is 7.07. The van der Waals surface area contributed by atoms with Crippen LogP contribution in [0.2, 0.25) is 0 Å². The van der Waals surface area contributed by atoms with E-state index in [4.69, 9.17) is 0 Å². The van der Waals surface area contributed by atoms with Crippen molar-refractivity contribution in [3.8, 4) is 0 Å². The number of rotatable bonds is 4. The fourth-order valence-electron chi connectivity index (χ4n) is 0.986. The first-order chi connectivity index (χ1) is 10.0. The summed E-state index contributed by atoms with van der Waals surface area (Å²) in [6.07, 6.45) is 2.08. The van der Waals surface area contributed by atoms with Crippen LogP contribution in [-0.4, -0.2) is 73.7 Å². The zero-order valence-electron chi connectivity index (χ0n) is 15.9. The quantitative estimate of drug-likeness (QED) is 0.795. The number of amides is 3. The smallest absolute Gasteiger partial charge is 0.219 e. The van der Waals surface area contributed by atoms with Gasteiger partial charge in [0.2, 0.25) is 17.7 Å². The van der Waals surface area contributed by atoms with Crippen LogP contribution in [0.5, 0.6) is 0 Å². The van der Waals surface area contributed by atoms with E-state index in [-0.39, 0.29) is 17.7 Å². The lowest BCUT2D eigenvalue weighted by molar-refractivity contribution is -0.128. The Balaban J connectivity index is -0.000000249. The Morgan fingerprint density at radius 2 is 0.864 bits per heavy atom. The van der Waals surface area contributed by atoms with Crippen molar-refractivity contribution in [1.29, 1.82) is 0 Å². The Bertz CT molecular complexity index is 296. The fraction of sp³-hybridized carbons (Fsp3) is 0.812. The van der Waals surface area contributed by atoms with Gasteiger partial charge in [0.25, 0.3) is 0 Å². The summed E-state index contributed by atoms with van der Waals surface area (Å²) in [5, 5.41) is 0. The summed E-state index contributed by atoms with van der Waals surface area (Å²) in [5.74, 6) is 0.383. The van der Waals surface area contributed by atoms with Gasteiger partial charge in [-0.2, -0.15) is 0 Å². The van der Waals surface area contributed by atoms with E-state index in [1.807, 2.05) is 14.1 Å². The van der Waals surface area contributed by atoms with Crippen molar-refractivity contribution < 1.29 is 14.4 Å². The van der Waals surface area contributed by atoms with Gasteiger partial charge >= 0.3 is 0 Å².